The average molecular weight is 192 g/mol. The minimum Gasteiger partial charge on any atom is -0.392 e. The molecule has 1 aromatic carbocycles. The van der Waals surface area contributed by atoms with Crippen molar-refractivity contribution >= 4 is 0 Å². The van der Waals surface area contributed by atoms with Gasteiger partial charge in [0.2, 0.25) is 0 Å². The number of aliphatic hydroxyl groups is 1. The predicted molar refractivity (Wildman–Crippen MR) is 60.4 cm³/mol. The minimum absolute atomic E-state index is 0.173. The van der Waals surface area contributed by atoms with Gasteiger partial charge >= 0.3 is 0 Å². The van der Waals surface area contributed by atoms with E-state index in [1.165, 1.54) is 17.5 Å². The molecule has 0 unspecified atom stereocenters. The molecule has 0 aliphatic rings. The van der Waals surface area contributed by atoms with Crippen molar-refractivity contribution < 1.29 is 5.11 Å². The van der Waals surface area contributed by atoms with Crippen molar-refractivity contribution in [2.24, 2.45) is 0 Å². The lowest BCUT2D eigenvalue weighted by atomic mass is 9.95. The molecular weight excluding hydrogens is 172 g/mol. The van der Waals surface area contributed by atoms with E-state index in [0.717, 1.165) is 24.8 Å². The Balaban J connectivity index is 3.00. The minimum atomic E-state index is 0.173. The summed E-state index contributed by atoms with van der Waals surface area (Å²) in [5.41, 5.74) is 3.90. The highest BCUT2D eigenvalue weighted by atomic mass is 16.3. The molecule has 14 heavy (non-hydrogen) atoms. The standard InChI is InChI=1S/C13H20O/c1-3-6-11-8-5-9-12(10-14)13(11)7-4-2/h5,8-9,14H,3-4,6-7,10H2,1-2H3. The third-order valence-corrected chi connectivity index (χ3v) is 2.56. The van der Waals surface area contributed by atoms with Crippen LogP contribution < -0.4 is 0 Å². The fourth-order valence-electron chi connectivity index (χ4n) is 1.91. The largest absolute Gasteiger partial charge is 0.392 e. The van der Waals surface area contributed by atoms with Gasteiger partial charge in [-0.15, -0.1) is 0 Å². The summed E-state index contributed by atoms with van der Waals surface area (Å²) in [6.45, 7) is 4.55. The van der Waals surface area contributed by atoms with Crippen molar-refractivity contribution in [1.82, 2.24) is 0 Å². The second-order valence-corrected chi connectivity index (χ2v) is 3.71. The molecule has 0 radical (unpaired) electrons. The molecule has 0 heterocycles. The Morgan fingerprint density at radius 1 is 1.00 bits per heavy atom. The summed E-state index contributed by atoms with van der Waals surface area (Å²) in [5, 5.41) is 9.24. The Morgan fingerprint density at radius 3 is 2.21 bits per heavy atom. The van der Waals surface area contributed by atoms with Crippen LogP contribution >= 0.6 is 0 Å². The monoisotopic (exact) mass is 192 g/mol. The van der Waals surface area contributed by atoms with E-state index < -0.39 is 0 Å². The first kappa shape index (κ1) is 11.3. The predicted octanol–water partition coefficient (Wildman–Crippen LogP) is 3.08. The van der Waals surface area contributed by atoms with Gasteiger partial charge in [-0.25, -0.2) is 0 Å². The fourth-order valence-corrected chi connectivity index (χ4v) is 1.91. The van der Waals surface area contributed by atoms with Gasteiger partial charge in [-0.05, 0) is 29.5 Å². The quantitative estimate of drug-likeness (QED) is 0.760. The van der Waals surface area contributed by atoms with Gasteiger partial charge in [0.15, 0.2) is 0 Å². The molecule has 1 heteroatoms. The molecule has 1 rings (SSSR count). The number of rotatable bonds is 5. The van der Waals surface area contributed by atoms with Crippen molar-refractivity contribution in [3.05, 3.63) is 34.9 Å². The van der Waals surface area contributed by atoms with Crippen LogP contribution in [0, 0.1) is 0 Å². The van der Waals surface area contributed by atoms with Crippen LogP contribution in [0.5, 0.6) is 0 Å². The molecule has 0 saturated carbocycles. The maximum Gasteiger partial charge on any atom is 0.0684 e. The molecule has 0 amide bonds. The Morgan fingerprint density at radius 2 is 1.64 bits per heavy atom. The molecule has 1 N–H and O–H groups in total. The van der Waals surface area contributed by atoms with Crippen LogP contribution in [0.25, 0.3) is 0 Å². The van der Waals surface area contributed by atoms with Crippen molar-refractivity contribution in [3.8, 4) is 0 Å². The lowest BCUT2D eigenvalue weighted by Gasteiger charge is -2.12. The molecule has 0 atom stereocenters. The van der Waals surface area contributed by atoms with Gasteiger partial charge < -0.3 is 5.11 Å². The molecule has 0 bridgehead atoms. The zero-order valence-corrected chi connectivity index (χ0v) is 9.21. The van der Waals surface area contributed by atoms with Gasteiger partial charge in [-0.2, -0.15) is 0 Å². The molecule has 0 aliphatic carbocycles. The van der Waals surface area contributed by atoms with Crippen LogP contribution in [0.15, 0.2) is 18.2 Å². The Kier molecular flexibility index (Phi) is 4.68. The molecule has 1 aromatic rings. The van der Waals surface area contributed by atoms with E-state index in [1.54, 1.807) is 0 Å². The summed E-state index contributed by atoms with van der Waals surface area (Å²) in [5.74, 6) is 0. The molecule has 0 aromatic heterocycles. The third kappa shape index (κ3) is 2.58. The lowest BCUT2D eigenvalue weighted by molar-refractivity contribution is 0.280. The van der Waals surface area contributed by atoms with Crippen LogP contribution in [0.4, 0.5) is 0 Å². The molecular formula is C13H20O. The Hall–Kier alpha value is -0.820. The van der Waals surface area contributed by atoms with Gasteiger partial charge in [-0.3, -0.25) is 0 Å². The van der Waals surface area contributed by atoms with Crippen molar-refractivity contribution in [2.45, 2.75) is 46.1 Å². The van der Waals surface area contributed by atoms with Gasteiger partial charge in [0.05, 0.1) is 6.61 Å². The zero-order chi connectivity index (χ0) is 10.4. The van der Waals surface area contributed by atoms with Crippen LogP contribution in [0.1, 0.15) is 43.4 Å². The second-order valence-electron chi connectivity index (χ2n) is 3.71. The van der Waals surface area contributed by atoms with E-state index in [0.29, 0.717) is 0 Å². The van der Waals surface area contributed by atoms with Crippen LogP contribution in [-0.2, 0) is 19.4 Å². The molecule has 0 spiro atoms. The first-order valence-electron chi connectivity index (χ1n) is 5.54. The van der Waals surface area contributed by atoms with Crippen LogP contribution in [0.2, 0.25) is 0 Å². The van der Waals surface area contributed by atoms with Crippen molar-refractivity contribution in [2.75, 3.05) is 0 Å². The Labute approximate surface area is 86.8 Å². The van der Waals surface area contributed by atoms with E-state index in [-0.39, 0.29) is 6.61 Å². The molecule has 0 aliphatic heterocycles. The average Bonchev–Trinajstić information content (AvgIpc) is 2.21. The summed E-state index contributed by atoms with van der Waals surface area (Å²) in [6.07, 6.45) is 4.54. The van der Waals surface area contributed by atoms with E-state index >= 15 is 0 Å². The van der Waals surface area contributed by atoms with Gasteiger partial charge in [0.25, 0.3) is 0 Å². The maximum absolute atomic E-state index is 9.24. The molecule has 0 saturated heterocycles. The van der Waals surface area contributed by atoms with Crippen LogP contribution in [0.3, 0.4) is 0 Å². The smallest absolute Gasteiger partial charge is 0.0684 e. The molecule has 0 fully saturated rings. The normalized spacial score (nSPS) is 10.5. The highest BCUT2D eigenvalue weighted by Gasteiger charge is 2.05. The van der Waals surface area contributed by atoms with Crippen LogP contribution in [-0.4, -0.2) is 5.11 Å². The number of aliphatic hydroxyl groups excluding tert-OH is 1. The van der Waals surface area contributed by atoms with Gasteiger partial charge in [0.1, 0.15) is 0 Å². The summed E-state index contributed by atoms with van der Waals surface area (Å²) >= 11 is 0. The number of hydrogen-bond donors (Lipinski definition) is 1. The topological polar surface area (TPSA) is 20.2 Å². The SMILES string of the molecule is CCCc1cccc(CO)c1CCC. The lowest BCUT2D eigenvalue weighted by Crippen LogP contribution is -2.00. The zero-order valence-electron chi connectivity index (χ0n) is 9.21. The van der Waals surface area contributed by atoms with Gasteiger partial charge in [0, 0.05) is 0 Å². The van der Waals surface area contributed by atoms with E-state index in [9.17, 15) is 5.11 Å². The third-order valence-electron chi connectivity index (χ3n) is 2.56. The Bertz CT molecular complexity index is 279. The first-order valence-corrected chi connectivity index (χ1v) is 5.54. The summed E-state index contributed by atoms with van der Waals surface area (Å²) in [4.78, 5) is 0. The van der Waals surface area contributed by atoms with Gasteiger partial charge in [-0.1, -0.05) is 44.9 Å². The number of aryl methyl sites for hydroxylation is 1. The molecule has 1 nitrogen and oxygen atoms in total. The number of hydrogen-bond acceptors (Lipinski definition) is 1. The van der Waals surface area contributed by atoms with E-state index in [2.05, 4.69) is 26.0 Å². The molecule has 78 valence electrons. The maximum atomic E-state index is 9.24. The second kappa shape index (κ2) is 5.82. The summed E-state index contributed by atoms with van der Waals surface area (Å²) < 4.78 is 0. The highest BCUT2D eigenvalue weighted by Crippen LogP contribution is 2.18. The van der Waals surface area contributed by atoms with Crippen molar-refractivity contribution in [3.63, 3.8) is 0 Å². The first-order chi connectivity index (χ1) is 6.83. The van der Waals surface area contributed by atoms with Crippen molar-refractivity contribution in [1.29, 1.82) is 0 Å². The summed E-state index contributed by atoms with van der Waals surface area (Å²) in [7, 11) is 0. The van der Waals surface area contributed by atoms with E-state index in [1.807, 2.05) is 6.07 Å². The fraction of sp³-hybridized carbons (Fsp3) is 0.538. The number of benzene rings is 1. The highest BCUT2D eigenvalue weighted by molar-refractivity contribution is 5.35. The summed E-state index contributed by atoms with van der Waals surface area (Å²) in [6, 6.07) is 6.27. The van der Waals surface area contributed by atoms with E-state index in [4.69, 9.17) is 0 Å².